The van der Waals surface area contributed by atoms with E-state index in [1.807, 2.05) is 69.5 Å². The maximum atomic E-state index is 13.8. The van der Waals surface area contributed by atoms with Crippen molar-refractivity contribution in [3.05, 3.63) is 131 Å². The topological polar surface area (TPSA) is 157 Å². The third kappa shape index (κ3) is 7.80. The fraction of sp³-hybridized carbons (Fsp3) is 0.311. The lowest BCUT2D eigenvalue weighted by atomic mass is 9.67. The van der Waals surface area contributed by atoms with Gasteiger partial charge >= 0.3 is 12.6 Å². The van der Waals surface area contributed by atoms with Crippen molar-refractivity contribution in [3.8, 4) is 11.5 Å². The number of aromatic nitrogens is 2. The number of hydrogen-bond acceptors (Lipinski definition) is 11. The van der Waals surface area contributed by atoms with Crippen LogP contribution in [0.5, 0.6) is 11.5 Å². The lowest BCUT2D eigenvalue weighted by molar-refractivity contribution is -0.142. The van der Waals surface area contributed by atoms with E-state index < -0.39 is 39.8 Å². The lowest BCUT2D eigenvalue weighted by Gasteiger charge is -2.35. The summed E-state index contributed by atoms with van der Waals surface area (Å²) in [5.74, 6) is -0.514. The number of nitrogens with zero attached hydrogens (tertiary/aromatic N) is 3. The smallest absolute Gasteiger partial charge is 0.387 e. The Bertz CT molecular complexity index is 2780. The Kier molecular flexibility index (Phi) is 11.1. The van der Waals surface area contributed by atoms with E-state index in [1.165, 1.54) is 6.07 Å². The van der Waals surface area contributed by atoms with Crippen molar-refractivity contribution >= 4 is 43.6 Å². The maximum Gasteiger partial charge on any atom is 0.387 e. The molecule has 4 aromatic carbocycles. The third-order valence-corrected chi connectivity index (χ3v) is 12.5. The number of carboxylic acids is 1. The molecular weight excluding hydrogens is 795 g/mol. The molecule has 3 atom stereocenters. The summed E-state index contributed by atoms with van der Waals surface area (Å²) < 4.78 is 76.7. The zero-order chi connectivity index (χ0) is 42.3. The molecule has 6 aromatic rings. The quantitative estimate of drug-likeness (QED) is 0.109. The highest BCUT2D eigenvalue weighted by molar-refractivity contribution is 7.90. The van der Waals surface area contributed by atoms with Crippen molar-refractivity contribution in [2.24, 2.45) is 5.92 Å². The summed E-state index contributed by atoms with van der Waals surface area (Å²) in [6, 6.07) is 20.5. The Morgan fingerprint density at radius 3 is 2.37 bits per heavy atom. The van der Waals surface area contributed by atoms with Crippen LogP contribution in [0.3, 0.4) is 0 Å². The monoisotopic (exact) mass is 838 g/mol. The van der Waals surface area contributed by atoms with Gasteiger partial charge in [-0.2, -0.15) is 8.78 Å². The number of aryl methyl sites for hydroxylation is 1. The number of carbonyl (C=O) groups is 1. The molecule has 2 aliphatic rings. The molecule has 0 spiro atoms. The maximum absolute atomic E-state index is 13.8. The van der Waals surface area contributed by atoms with Crippen LogP contribution >= 0.6 is 0 Å². The van der Waals surface area contributed by atoms with Crippen LogP contribution in [0.2, 0.25) is 0 Å². The van der Waals surface area contributed by atoms with Gasteiger partial charge in [-0.15, -0.1) is 0 Å². The number of ether oxygens (including phenoxy) is 2. The number of rotatable bonds is 14. The first kappa shape index (κ1) is 40.9. The summed E-state index contributed by atoms with van der Waals surface area (Å²) >= 11 is 0. The van der Waals surface area contributed by atoms with Crippen LogP contribution in [0.1, 0.15) is 59.4 Å². The molecule has 3 heterocycles. The summed E-state index contributed by atoms with van der Waals surface area (Å²) in [5, 5.41) is 13.0. The molecule has 1 aliphatic heterocycles. The molecule has 12 nitrogen and oxygen atoms in total. The zero-order valence-electron chi connectivity index (χ0n) is 33.4. The number of oxazole rings is 2. The van der Waals surface area contributed by atoms with Crippen LogP contribution in [-0.2, 0) is 39.7 Å². The molecule has 2 aromatic heterocycles. The largest absolute Gasteiger partial charge is 0.488 e. The van der Waals surface area contributed by atoms with Crippen LogP contribution in [0.25, 0.3) is 27.8 Å². The van der Waals surface area contributed by atoms with E-state index in [-0.39, 0.29) is 41.2 Å². The Morgan fingerprint density at radius 1 is 1.00 bits per heavy atom. The van der Waals surface area contributed by atoms with Gasteiger partial charge in [0.25, 0.3) is 0 Å². The molecule has 1 aliphatic carbocycles. The number of halogens is 2. The minimum Gasteiger partial charge on any atom is -0.488 e. The van der Waals surface area contributed by atoms with Gasteiger partial charge in [0.05, 0.1) is 4.90 Å². The molecule has 15 heteroatoms. The second-order valence-electron chi connectivity index (χ2n) is 15.4. The van der Waals surface area contributed by atoms with E-state index in [0.717, 1.165) is 28.5 Å². The summed E-state index contributed by atoms with van der Waals surface area (Å²) in [7, 11) is -1.60. The minimum atomic E-state index is -3.42. The van der Waals surface area contributed by atoms with Gasteiger partial charge in [0.1, 0.15) is 40.6 Å². The molecule has 0 amide bonds. The highest BCUT2D eigenvalue weighted by atomic mass is 32.2. The Labute approximate surface area is 345 Å². The fourth-order valence-corrected chi connectivity index (χ4v) is 9.04. The van der Waals surface area contributed by atoms with Crippen molar-refractivity contribution in [1.29, 1.82) is 0 Å². The van der Waals surface area contributed by atoms with Gasteiger partial charge in [0.2, 0.25) is 11.8 Å². The predicted octanol–water partition coefficient (Wildman–Crippen LogP) is 8.21. The second-order valence-corrected chi connectivity index (χ2v) is 17.4. The Morgan fingerprint density at radius 2 is 1.70 bits per heavy atom. The molecule has 312 valence electrons. The molecule has 60 heavy (non-hydrogen) atoms. The van der Waals surface area contributed by atoms with Crippen molar-refractivity contribution in [1.82, 2.24) is 20.2 Å². The fourth-order valence-electron chi connectivity index (χ4n) is 8.35. The first-order valence-electron chi connectivity index (χ1n) is 19.6. The Balaban J connectivity index is 1.25. The van der Waals surface area contributed by atoms with Crippen molar-refractivity contribution in [2.45, 2.75) is 69.3 Å². The summed E-state index contributed by atoms with van der Waals surface area (Å²) in [4.78, 5) is 24.0. The van der Waals surface area contributed by atoms with E-state index >= 15 is 0 Å². The number of hydrogen-bond donors (Lipinski definition) is 2. The number of alkyl halides is 2. The van der Waals surface area contributed by atoms with Gasteiger partial charge in [0.15, 0.2) is 21.0 Å². The average Bonchev–Trinajstić information content (AvgIpc) is 3.96. The average molecular weight is 839 g/mol. The number of fused-ring (bicyclic) bond motifs is 2. The van der Waals surface area contributed by atoms with Gasteiger partial charge in [-0.3, -0.25) is 9.69 Å². The first-order chi connectivity index (χ1) is 28.7. The number of sulfone groups is 1. The minimum absolute atomic E-state index is 0.0619. The standard InChI is InChI=1S/C45H44F2N4O8S/c1-26-10-5-6-13-32(26)33-14-8-16-45(27(33)2,43-50-35-20-30(24-51-17-9-15-36(51)41(52)53)38(59-44(46)47)22-40(35)58-43)42-49-34-19-29(23-48-3)37(21-39(34)57-42)56-25-28-11-7-12-31(18-28)60(4,54)55/h5-8,10-14,16,18-22,27,36,44,48H,9,15,17,23-25H2,1-4H3,(H,52,53)/t27?,36-,45?/m0/s1. The molecule has 1 saturated heterocycles. The highest BCUT2D eigenvalue weighted by Crippen LogP contribution is 2.50. The molecule has 2 unspecified atom stereocenters. The van der Waals surface area contributed by atoms with Gasteiger partial charge in [0, 0.05) is 48.5 Å². The van der Waals surface area contributed by atoms with Crippen LogP contribution in [0.4, 0.5) is 8.78 Å². The third-order valence-electron chi connectivity index (χ3n) is 11.4. The molecule has 1 fully saturated rings. The molecule has 8 rings (SSSR count). The van der Waals surface area contributed by atoms with Gasteiger partial charge in [-0.1, -0.05) is 61.5 Å². The first-order valence-corrected chi connectivity index (χ1v) is 21.5. The van der Waals surface area contributed by atoms with E-state index in [9.17, 15) is 27.1 Å². The van der Waals surface area contributed by atoms with Crippen LogP contribution in [0.15, 0.2) is 105 Å². The normalized spacial score (nSPS) is 19.7. The molecule has 0 radical (unpaired) electrons. The SMILES string of the molecule is CNCc1cc2nc(C3(c4nc5cc(CN6CCC[C@H]6C(=O)O)c(OC(F)F)cc5o4)C=CC=C(c4ccccc4C)C3C)oc2cc1OCc1cccc(S(C)(=O)=O)c1. The van der Waals surface area contributed by atoms with Gasteiger partial charge in [-0.05, 0) is 79.9 Å². The van der Waals surface area contributed by atoms with Crippen molar-refractivity contribution in [3.63, 3.8) is 0 Å². The summed E-state index contributed by atoms with van der Waals surface area (Å²) in [6.07, 6.45) is 8.15. The van der Waals surface area contributed by atoms with Crippen molar-refractivity contribution in [2.75, 3.05) is 19.8 Å². The zero-order valence-corrected chi connectivity index (χ0v) is 34.3. The van der Waals surface area contributed by atoms with Crippen LogP contribution in [0, 0.1) is 12.8 Å². The van der Waals surface area contributed by atoms with Crippen molar-refractivity contribution < 1.29 is 45.4 Å². The number of nitrogens with one attached hydrogen (secondary N) is 1. The van der Waals surface area contributed by atoms with Gasteiger partial charge in [-0.25, -0.2) is 18.4 Å². The number of benzene rings is 4. The van der Waals surface area contributed by atoms with Crippen LogP contribution < -0.4 is 14.8 Å². The van der Waals surface area contributed by atoms with Crippen LogP contribution in [-0.4, -0.2) is 66.9 Å². The predicted molar refractivity (Wildman–Crippen MR) is 221 cm³/mol. The molecule has 0 bridgehead atoms. The number of aliphatic carboxylic acids is 1. The molecular formula is C45H44F2N4O8S. The highest BCUT2D eigenvalue weighted by Gasteiger charge is 2.49. The summed E-state index contributed by atoms with van der Waals surface area (Å²) in [5.41, 5.74) is 5.09. The summed E-state index contributed by atoms with van der Waals surface area (Å²) in [6.45, 7) is 2.01. The van der Waals surface area contributed by atoms with Gasteiger partial charge < -0.3 is 28.7 Å². The van der Waals surface area contributed by atoms with E-state index in [4.69, 9.17) is 28.3 Å². The number of likely N-dealkylation sites (tertiary alicyclic amines) is 1. The Hall–Kier alpha value is -5.90. The second kappa shape index (κ2) is 16.3. The van der Waals surface area contributed by atoms with E-state index in [1.54, 1.807) is 41.3 Å². The molecule has 0 saturated carbocycles. The van der Waals surface area contributed by atoms with E-state index in [0.29, 0.717) is 59.4 Å². The number of carboxylic acid groups (broad SMARTS) is 1. The lowest BCUT2D eigenvalue weighted by Crippen LogP contribution is -2.36. The number of allylic oxidation sites excluding steroid dienone is 4. The van der Waals surface area contributed by atoms with E-state index in [2.05, 4.69) is 5.32 Å². The molecule has 2 N–H and O–H groups in total.